The minimum Gasteiger partial charge on any atom is -0.334 e. The minimum absolute atomic E-state index is 0.0436. The van der Waals surface area contributed by atoms with E-state index in [4.69, 9.17) is 16.1 Å². The number of carbonyl (C=O) groups excluding carboxylic acids is 1. The van der Waals surface area contributed by atoms with E-state index in [-0.39, 0.29) is 30.0 Å². The summed E-state index contributed by atoms with van der Waals surface area (Å²) in [4.78, 5) is 18.4. The van der Waals surface area contributed by atoms with Crippen molar-refractivity contribution in [3.05, 3.63) is 64.7 Å². The molecule has 1 unspecified atom stereocenters. The summed E-state index contributed by atoms with van der Waals surface area (Å²) in [6.07, 6.45) is 0.270. The Morgan fingerprint density at radius 2 is 2.12 bits per heavy atom. The van der Waals surface area contributed by atoms with Gasteiger partial charge in [-0.15, -0.1) is 0 Å². The lowest BCUT2D eigenvalue weighted by Crippen LogP contribution is -2.24. The van der Waals surface area contributed by atoms with E-state index in [0.29, 0.717) is 28.6 Å². The molecular formula is C19H15ClFN3O2. The minimum atomic E-state index is -0.376. The Bertz CT molecular complexity index is 988. The number of hydrogen-bond donors (Lipinski definition) is 0. The zero-order valence-corrected chi connectivity index (χ0v) is 14.7. The summed E-state index contributed by atoms with van der Waals surface area (Å²) < 4.78 is 18.6. The lowest BCUT2D eigenvalue weighted by molar-refractivity contribution is -0.117. The van der Waals surface area contributed by atoms with Crippen molar-refractivity contribution < 1.29 is 13.7 Å². The quantitative estimate of drug-likeness (QED) is 0.686. The van der Waals surface area contributed by atoms with Crippen molar-refractivity contribution in [2.24, 2.45) is 0 Å². The second-order valence-corrected chi connectivity index (χ2v) is 6.74. The van der Waals surface area contributed by atoms with Gasteiger partial charge in [0.1, 0.15) is 5.82 Å². The van der Waals surface area contributed by atoms with E-state index in [1.165, 1.54) is 12.1 Å². The van der Waals surface area contributed by atoms with Crippen LogP contribution in [0.3, 0.4) is 0 Å². The van der Waals surface area contributed by atoms with Crippen molar-refractivity contribution in [1.29, 1.82) is 0 Å². The van der Waals surface area contributed by atoms with Crippen LogP contribution in [0.4, 0.5) is 10.1 Å². The molecule has 1 aliphatic heterocycles. The van der Waals surface area contributed by atoms with E-state index in [1.54, 1.807) is 17.0 Å². The van der Waals surface area contributed by atoms with E-state index in [9.17, 15) is 9.18 Å². The van der Waals surface area contributed by atoms with Crippen LogP contribution >= 0.6 is 11.6 Å². The van der Waals surface area contributed by atoms with Crippen LogP contribution in [0.2, 0.25) is 5.02 Å². The number of rotatable bonds is 3. The first kappa shape index (κ1) is 16.7. The van der Waals surface area contributed by atoms with Crippen LogP contribution in [-0.2, 0) is 4.79 Å². The first-order valence-electron chi connectivity index (χ1n) is 8.17. The molecule has 1 aliphatic rings. The van der Waals surface area contributed by atoms with Crippen molar-refractivity contribution in [3.8, 4) is 11.5 Å². The molecule has 1 fully saturated rings. The van der Waals surface area contributed by atoms with Gasteiger partial charge in [-0.1, -0.05) is 28.9 Å². The SMILES string of the molecule is Cc1ccc(N2CC(c3noc(-c4cccc(F)c4)n3)CC2=O)c(Cl)c1. The molecule has 0 radical (unpaired) electrons. The van der Waals surface area contributed by atoms with Gasteiger partial charge in [0.25, 0.3) is 5.89 Å². The third-order valence-corrected chi connectivity index (χ3v) is 4.70. The zero-order valence-electron chi connectivity index (χ0n) is 13.9. The number of nitrogens with zero attached hydrogens (tertiary/aromatic N) is 3. The molecular weight excluding hydrogens is 357 g/mol. The number of carbonyl (C=O) groups is 1. The van der Waals surface area contributed by atoms with Crippen molar-refractivity contribution in [3.63, 3.8) is 0 Å². The summed E-state index contributed by atoms with van der Waals surface area (Å²) >= 11 is 6.29. The Balaban J connectivity index is 1.58. The third kappa shape index (κ3) is 3.08. The summed E-state index contributed by atoms with van der Waals surface area (Å²) in [6, 6.07) is 11.5. The number of amides is 1. The summed E-state index contributed by atoms with van der Waals surface area (Å²) in [5.74, 6) is 0.0457. The second-order valence-electron chi connectivity index (χ2n) is 6.33. The monoisotopic (exact) mass is 371 g/mol. The predicted molar refractivity (Wildman–Crippen MR) is 95.6 cm³/mol. The Hall–Kier alpha value is -2.73. The molecule has 1 amide bonds. The van der Waals surface area contributed by atoms with E-state index >= 15 is 0 Å². The van der Waals surface area contributed by atoms with Gasteiger partial charge >= 0.3 is 0 Å². The number of halogens is 2. The Morgan fingerprint density at radius 3 is 2.88 bits per heavy atom. The molecule has 3 aromatic rings. The largest absolute Gasteiger partial charge is 0.334 e. The Morgan fingerprint density at radius 1 is 1.27 bits per heavy atom. The highest BCUT2D eigenvalue weighted by Gasteiger charge is 2.35. The van der Waals surface area contributed by atoms with Crippen molar-refractivity contribution in [1.82, 2.24) is 10.1 Å². The van der Waals surface area contributed by atoms with E-state index < -0.39 is 0 Å². The molecule has 0 N–H and O–H groups in total. The highest BCUT2D eigenvalue weighted by molar-refractivity contribution is 6.34. The topological polar surface area (TPSA) is 59.2 Å². The molecule has 26 heavy (non-hydrogen) atoms. The highest BCUT2D eigenvalue weighted by Crippen LogP contribution is 2.35. The van der Waals surface area contributed by atoms with Gasteiger partial charge in [0.15, 0.2) is 5.82 Å². The first-order chi connectivity index (χ1) is 12.5. The maximum absolute atomic E-state index is 13.4. The number of anilines is 1. The maximum Gasteiger partial charge on any atom is 0.258 e. The molecule has 0 bridgehead atoms. The summed E-state index contributed by atoms with van der Waals surface area (Å²) in [7, 11) is 0. The van der Waals surface area contributed by atoms with Crippen molar-refractivity contribution >= 4 is 23.2 Å². The number of benzene rings is 2. The van der Waals surface area contributed by atoms with Crippen LogP contribution in [0.1, 0.15) is 23.7 Å². The highest BCUT2D eigenvalue weighted by atomic mass is 35.5. The number of aromatic nitrogens is 2. The summed E-state index contributed by atoms with van der Waals surface area (Å²) in [6.45, 7) is 2.36. The molecule has 1 atom stereocenters. The van der Waals surface area contributed by atoms with Crippen LogP contribution in [0.15, 0.2) is 47.0 Å². The zero-order chi connectivity index (χ0) is 18.3. The van der Waals surface area contributed by atoms with Crippen LogP contribution < -0.4 is 4.90 Å². The Kier molecular flexibility index (Phi) is 4.20. The van der Waals surface area contributed by atoms with Crippen LogP contribution in [0, 0.1) is 12.7 Å². The predicted octanol–water partition coefficient (Wildman–Crippen LogP) is 4.36. The fourth-order valence-corrected chi connectivity index (χ4v) is 3.42. The molecule has 1 aromatic heterocycles. The van der Waals surface area contributed by atoms with E-state index in [1.807, 2.05) is 25.1 Å². The summed E-state index contributed by atoms with van der Waals surface area (Å²) in [5, 5.41) is 4.52. The fourth-order valence-electron chi connectivity index (χ4n) is 3.08. The van der Waals surface area contributed by atoms with Gasteiger partial charge in [-0.3, -0.25) is 4.79 Å². The average molecular weight is 372 g/mol. The molecule has 2 heterocycles. The standard InChI is InChI=1S/C19H15ClFN3O2/c1-11-5-6-16(15(20)7-11)24-10-13(9-17(24)25)18-22-19(26-23-18)12-3-2-4-14(21)8-12/h2-8,13H,9-10H2,1H3. The van der Waals surface area contributed by atoms with Crippen LogP contribution in [-0.4, -0.2) is 22.6 Å². The lowest BCUT2D eigenvalue weighted by Gasteiger charge is -2.18. The fraction of sp³-hybridized carbons (Fsp3) is 0.211. The number of hydrogen-bond acceptors (Lipinski definition) is 4. The van der Waals surface area contributed by atoms with Gasteiger partial charge in [-0.05, 0) is 42.8 Å². The van der Waals surface area contributed by atoms with Crippen LogP contribution in [0.25, 0.3) is 11.5 Å². The third-order valence-electron chi connectivity index (χ3n) is 4.40. The van der Waals surface area contributed by atoms with Gasteiger partial charge < -0.3 is 9.42 Å². The van der Waals surface area contributed by atoms with E-state index in [2.05, 4.69) is 10.1 Å². The molecule has 132 valence electrons. The smallest absolute Gasteiger partial charge is 0.258 e. The molecule has 4 rings (SSSR count). The molecule has 0 saturated carbocycles. The second kappa shape index (κ2) is 6.53. The number of aryl methyl sites for hydroxylation is 1. The maximum atomic E-state index is 13.4. The van der Waals surface area contributed by atoms with Gasteiger partial charge in [0, 0.05) is 24.4 Å². The molecule has 7 heteroatoms. The van der Waals surface area contributed by atoms with Gasteiger partial charge in [-0.25, -0.2) is 4.39 Å². The van der Waals surface area contributed by atoms with E-state index in [0.717, 1.165) is 5.56 Å². The molecule has 2 aromatic carbocycles. The summed E-state index contributed by atoms with van der Waals surface area (Å²) in [5.41, 5.74) is 2.21. The Labute approximate surface area is 154 Å². The lowest BCUT2D eigenvalue weighted by atomic mass is 10.1. The molecule has 1 saturated heterocycles. The molecule has 0 aliphatic carbocycles. The van der Waals surface area contributed by atoms with Gasteiger partial charge in [-0.2, -0.15) is 4.98 Å². The average Bonchev–Trinajstić information content (AvgIpc) is 3.22. The molecule has 0 spiro atoms. The van der Waals surface area contributed by atoms with Crippen molar-refractivity contribution in [2.45, 2.75) is 19.3 Å². The van der Waals surface area contributed by atoms with Crippen LogP contribution in [0.5, 0.6) is 0 Å². The first-order valence-corrected chi connectivity index (χ1v) is 8.55. The van der Waals surface area contributed by atoms with Crippen molar-refractivity contribution in [2.75, 3.05) is 11.4 Å². The van der Waals surface area contributed by atoms with Gasteiger partial charge in [0.2, 0.25) is 5.91 Å². The van der Waals surface area contributed by atoms with Gasteiger partial charge in [0.05, 0.1) is 10.7 Å². The molecule has 5 nitrogen and oxygen atoms in total. The normalized spacial score (nSPS) is 17.1.